The summed E-state index contributed by atoms with van der Waals surface area (Å²) in [6.07, 6.45) is 0. The van der Waals surface area contributed by atoms with Gasteiger partial charge in [0.05, 0.1) is 0 Å². The largest absolute Gasteiger partial charge is 0.314 e. The van der Waals surface area contributed by atoms with Gasteiger partial charge >= 0.3 is 0 Å². The molecule has 2 rings (SSSR count). The maximum absolute atomic E-state index is 13.2. The second-order valence-corrected chi connectivity index (χ2v) is 6.00. The first-order chi connectivity index (χ1) is 7.99. The summed E-state index contributed by atoms with van der Waals surface area (Å²) < 4.78 is 14.2. The van der Waals surface area contributed by atoms with Gasteiger partial charge in [0.15, 0.2) is 0 Å². The van der Waals surface area contributed by atoms with Crippen LogP contribution in [0.2, 0.25) is 0 Å². The van der Waals surface area contributed by atoms with E-state index < -0.39 is 0 Å². The lowest BCUT2D eigenvalue weighted by Gasteiger charge is -2.43. The lowest BCUT2D eigenvalue weighted by molar-refractivity contribution is 0.0824. The van der Waals surface area contributed by atoms with Crippen LogP contribution in [0.4, 0.5) is 4.39 Å². The molecule has 1 fully saturated rings. The molecule has 1 N–H and O–H groups in total. The van der Waals surface area contributed by atoms with Gasteiger partial charge in [-0.2, -0.15) is 0 Å². The number of nitrogens with zero attached hydrogens (tertiary/aromatic N) is 1. The monoisotopic (exact) mass is 300 g/mol. The van der Waals surface area contributed by atoms with Gasteiger partial charge in [0, 0.05) is 36.2 Å². The van der Waals surface area contributed by atoms with E-state index in [9.17, 15) is 4.39 Å². The van der Waals surface area contributed by atoms with Crippen molar-refractivity contribution in [2.45, 2.75) is 25.9 Å². The lowest BCUT2D eigenvalue weighted by atomic mass is 9.99. The standard InChI is InChI=1S/C13H18BrFN2/c1-13(2)9-16-5-6-17(13)8-10-7-11(15)3-4-12(10)14/h3-4,7,16H,5-6,8-9H2,1-2H3. The molecule has 1 aliphatic rings. The fourth-order valence-electron chi connectivity index (χ4n) is 2.19. The summed E-state index contributed by atoms with van der Waals surface area (Å²) in [6.45, 7) is 8.18. The minimum absolute atomic E-state index is 0.115. The fourth-order valence-corrected chi connectivity index (χ4v) is 2.56. The number of hydrogen-bond acceptors (Lipinski definition) is 2. The SMILES string of the molecule is CC1(C)CNCCN1Cc1cc(F)ccc1Br. The van der Waals surface area contributed by atoms with Gasteiger partial charge in [0.1, 0.15) is 5.82 Å². The zero-order valence-corrected chi connectivity index (χ0v) is 11.8. The van der Waals surface area contributed by atoms with Crippen LogP contribution in [0.25, 0.3) is 0 Å². The summed E-state index contributed by atoms with van der Waals surface area (Å²) >= 11 is 3.49. The molecule has 2 nitrogen and oxygen atoms in total. The Morgan fingerprint density at radius 2 is 2.24 bits per heavy atom. The molecule has 0 aromatic heterocycles. The summed E-state index contributed by atoms with van der Waals surface area (Å²) in [7, 11) is 0. The second kappa shape index (κ2) is 5.04. The van der Waals surface area contributed by atoms with Crippen molar-refractivity contribution >= 4 is 15.9 Å². The first-order valence-electron chi connectivity index (χ1n) is 5.89. The molecule has 0 amide bonds. The van der Waals surface area contributed by atoms with Crippen LogP contribution in [0.5, 0.6) is 0 Å². The summed E-state index contributed by atoms with van der Waals surface area (Å²) in [4.78, 5) is 2.39. The highest BCUT2D eigenvalue weighted by molar-refractivity contribution is 9.10. The Morgan fingerprint density at radius 3 is 2.94 bits per heavy atom. The smallest absolute Gasteiger partial charge is 0.123 e. The maximum Gasteiger partial charge on any atom is 0.123 e. The molecule has 0 unspecified atom stereocenters. The molecule has 1 aromatic carbocycles. The van der Waals surface area contributed by atoms with Crippen molar-refractivity contribution in [1.82, 2.24) is 10.2 Å². The van der Waals surface area contributed by atoms with Gasteiger partial charge in [0.25, 0.3) is 0 Å². The van der Waals surface area contributed by atoms with E-state index in [0.29, 0.717) is 0 Å². The van der Waals surface area contributed by atoms with Gasteiger partial charge in [-0.1, -0.05) is 15.9 Å². The molecule has 0 radical (unpaired) electrons. The average Bonchev–Trinajstić information content (AvgIpc) is 2.26. The van der Waals surface area contributed by atoms with Crippen LogP contribution in [0.1, 0.15) is 19.4 Å². The lowest BCUT2D eigenvalue weighted by Crippen LogP contribution is -2.57. The van der Waals surface area contributed by atoms with Gasteiger partial charge in [0.2, 0.25) is 0 Å². The van der Waals surface area contributed by atoms with Crippen molar-refractivity contribution < 1.29 is 4.39 Å². The maximum atomic E-state index is 13.2. The molecule has 0 bridgehead atoms. The van der Waals surface area contributed by atoms with Crippen LogP contribution in [-0.4, -0.2) is 30.1 Å². The summed E-state index contributed by atoms with van der Waals surface area (Å²) in [5, 5.41) is 3.39. The van der Waals surface area contributed by atoms with E-state index in [0.717, 1.165) is 36.2 Å². The van der Waals surface area contributed by atoms with Crippen molar-refractivity contribution in [1.29, 1.82) is 0 Å². The van der Waals surface area contributed by atoms with Crippen molar-refractivity contribution in [3.8, 4) is 0 Å². The van der Waals surface area contributed by atoms with Crippen LogP contribution in [0.3, 0.4) is 0 Å². The molecule has 94 valence electrons. The summed E-state index contributed by atoms with van der Waals surface area (Å²) in [5.74, 6) is -0.170. The van der Waals surface area contributed by atoms with E-state index in [1.165, 1.54) is 6.07 Å². The molecule has 1 heterocycles. The third-order valence-corrected chi connectivity index (χ3v) is 4.11. The molecule has 0 saturated carbocycles. The Bertz CT molecular complexity index is 406. The molecule has 1 aliphatic heterocycles. The number of halogens is 2. The Kier molecular flexibility index (Phi) is 3.85. The Balaban J connectivity index is 2.16. The van der Waals surface area contributed by atoms with E-state index in [-0.39, 0.29) is 11.4 Å². The van der Waals surface area contributed by atoms with Gasteiger partial charge in [-0.3, -0.25) is 4.90 Å². The van der Waals surface area contributed by atoms with Crippen LogP contribution < -0.4 is 5.32 Å². The van der Waals surface area contributed by atoms with E-state index in [4.69, 9.17) is 0 Å². The van der Waals surface area contributed by atoms with Gasteiger partial charge in [-0.05, 0) is 37.6 Å². The van der Waals surface area contributed by atoms with Crippen molar-refractivity contribution in [3.05, 3.63) is 34.1 Å². The normalized spacial score (nSPS) is 20.5. The van der Waals surface area contributed by atoms with Crippen LogP contribution in [-0.2, 0) is 6.54 Å². The molecule has 0 atom stereocenters. The van der Waals surface area contributed by atoms with E-state index in [1.807, 2.05) is 0 Å². The van der Waals surface area contributed by atoms with Gasteiger partial charge in [-0.15, -0.1) is 0 Å². The predicted molar refractivity (Wildman–Crippen MR) is 71.5 cm³/mol. The Labute approximate surface area is 110 Å². The number of hydrogen-bond donors (Lipinski definition) is 1. The van der Waals surface area contributed by atoms with Crippen LogP contribution in [0.15, 0.2) is 22.7 Å². The number of nitrogens with one attached hydrogen (secondary N) is 1. The second-order valence-electron chi connectivity index (χ2n) is 5.15. The molecule has 0 aliphatic carbocycles. The average molecular weight is 301 g/mol. The van der Waals surface area contributed by atoms with Crippen molar-refractivity contribution in [3.63, 3.8) is 0 Å². The van der Waals surface area contributed by atoms with E-state index >= 15 is 0 Å². The first-order valence-corrected chi connectivity index (χ1v) is 6.68. The minimum Gasteiger partial charge on any atom is -0.314 e. The van der Waals surface area contributed by atoms with Crippen LogP contribution in [0, 0.1) is 5.82 Å². The summed E-state index contributed by atoms with van der Waals surface area (Å²) in [6, 6.07) is 4.87. The first kappa shape index (κ1) is 13.0. The van der Waals surface area contributed by atoms with Crippen molar-refractivity contribution in [2.24, 2.45) is 0 Å². The molecule has 1 aromatic rings. The molecule has 1 saturated heterocycles. The number of benzene rings is 1. The minimum atomic E-state index is -0.170. The molecule has 17 heavy (non-hydrogen) atoms. The zero-order chi connectivity index (χ0) is 12.5. The van der Waals surface area contributed by atoms with Crippen LogP contribution >= 0.6 is 15.9 Å². The van der Waals surface area contributed by atoms with E-state index in [2.05, 4.69) is 40.0 Å². The highest BCUT2D eigenvalue weighted by atomic mass is 79.9. The quantitative estimate of drug-likeness (QED) is 0.903. The predicted octanol–water partition coefficient (Wildman–Crippen LogP) is 2.77. The van der Waals surface area contributed by atoms with Gasteiger partial charge < -0.3 is 5.32 Å². The third-order valence-electron chi connectivity index (χ3n) is 3.34. The third kappa shape index (κ3) is 3.06. The zero-order valence-electron chi connectivity index (χ0n) is 10.3. The van der Waals surface area contributed by atoms with Crippen molar-refractivity contribution in [2.75, 3.05) is 19.6 Å². The highest BCUT2D eigenvalue weighted by Gasteiger charge is 2.29. The summed E-state index contributed by atoms with van der Waals surface area (Å²) in [5.41, 5.74) is 1.13. The Morgan fingerprint density at radius 1 is 1.47 bits per heavy atom. The molecular weight excluding hydrogens is 283 g/mol. The Hall–Kier alpha value is -0.450. The fraction of sp³-hybridized carbons (Fsp3) is 0.538. The highest BCUT2D eigenvalue weighted by Crippen LogP contribution is 2.24. The topological polar surface area (TPSA) is 15.3 Å². The van der Waals surface area contributed by atoms with E-state index in [1.54, 1.807) is 12.1 Å². The molecular formula is C13H18BrFN2. The van der Waals surface area contributed by atoms with Gasteiger partial charge in [-0.25, -0.2) is 4.39 Å². The number of piperazine rings is 1. The number of rotatable bonds is 2. The molecule has 0 spiro atoms. The molecule has 4 heteroatoms.